The third-order valence-corrected chi connectivity index (χ3v) is 6.30. The van der Waals surface area contributed by atoms with Crippen molar-refractivity contribution in [3.8, 4) is 0 Å². The normalized spacial score (nSPS) is 12.8. The van der Waals surface area contributed by atoms with Crippen LogP contribution in [0, 0.1) is 0 Å². The van der Waals surface area contributed by atoms with E-state index in [0.717, 1.165) is 13.0 Å². The SMILES string of the molecule is C[Si](C)(C)OCCc1cc(Br)cc([Si](C)(C)C)c1. The van der Waals surface area contributed by atoms with Gasteiger partial charge in [-0.2, -0.15) is 0 Å². The fourth-order valence-corrected chi connectivity index (χ4v) is 4.38. The Morgan fingerprint density at radius 2 is 1.61 bits per heavy atom. The molecule has 4 heteroatoms. The molecule has 0 fully saturated rings. The Bertz CT molecular complexity index is 405. The molecule has 0 unspecified atom stereocenters. The molecule has 0 N–H and O–H groups in total. The second kappa shape index (κ2) is 6.03. The Labute approximate surface area is 122 Å². The standard InChI is InChI=1S/C14H25BrOSi2/c1-17(2,3)14-10-12(9-13(15)11-14)7-8-16-18(4,5)6/h9-11H,7-8H2,1-6H3. The number of benzene rings is 1. The zero-order chi connectivity index (χ0) is 14.0. The van der Waals surface area contributed by atoms with Crippen LogP contribution in [0.1, 0.15) is 5.56 Å². The lowest BCUT2D eigenvalue weighted by Gasteiger charge is -2.20. The zero-order valence-electron chi connectivity index (χ0n) is 12.4. The fourth-order valence-electron chi connectivity index (χ4n) is 1.70. The molecule has 0 aliphatic rings. The maximum Gasteiger partial charge on any atom is 0.183 e. The fraction of sp³-hybridized carbons (Fsp3) is 0.571. The van der Waals surface area contributed by atoms with E-state index in [4.69, 9.17) is 4.43 Å². The van der Waals surface area contributed by atoms with Crippen molar-refractivity contribution in [3.05, 3.63) is 28.2 Å². The van der Waals surface area contributed by atoms with E-state index in [-0.39, 0.29) is 0 Å². The van der Waals surface area contributed by atoms with Crippen LogP contribution in [0.25, 0.3) is 0 Å². The number of halogens is 1. The molecule has 0 bridgehead atoms. The summed E-state index contributed by atoms with van der Waals surface area (Å²) in [7, 11) is -2.61. The minimum Gasteiger partial charge on any atom is -0.417 e. The van der Waals surface area contributed by atoms with Crippen molar-refractivity contribution in [2.24, 2.45) is 0 Å². The Kier molecular flexibility index (Phi) is 5.41. The maximum absolute atomic E-state index is 5.93. The van der Waals surface area contributed by atoms with E-state index >= 15 is 0 Å². The molecule has 0 aliphatic heterocycles. The van der Waals surface area contributed by atoms with Crippen LogP contribution in [0.5, 0.6) is 0 Å². The van der Waals surface area contributed by atoms with Crippen LogP contribution in [0.15, 0.2) is 22.7 Å². The minimum atomic E-state index is -1.38. The van der Waals surface area contributed by atoms with Gasteiger partial charge in [-0.15, -0.1) is 0 Å². The summed E-state index contributed by atoms with van der Waals surface area (Å²) in [4.78, 5) is 0. The summed E-state index contributed by atoms with van der Waals surface area (Å²) in [6.07, 6.45) is 1.02. The van der Waals surface area contributed by atoms with Crippen molar-refractivity contribution in [2.75, 3.05) is 6.61 Å². The van der Waals surface area contributed by atoms with E-state index < -0.39 is 16.4 Å². The van der Waals surface area contributed by atoms with Gasteiger partial charge < -0.3 is 4.43 Å². The van der Waals surface area contributed by atoms with Crippen molar-refractivity contribution in [2.45, 2.75) is 45.7 Å². The van der Waals surface area contributed by atoms with Gasteiger partial charge in [0.1, 0.15) is 0 Å². The number of rotatable bonds is 5. The third kappa shape index (κ3) is 5.82. The summed E-state index contributed by atoms with van der Waals surface area (Å²) < 4.78 is 7.13. The summed E-state index contributed by atoms with van der Waals surface area (Å²) in [6.45, 7) is 14.7. The van der Waals surface area contributed by atoms with Crippen molar-refractivity contribution in [3.63, 3.8) is 0 Å². The predicted molar refractivity (Wildman–Crippen MR) is 90.1 cm³/mol. The van der Waals surface area contributed by atoms with Gasteiger partial charge in [-0.1, -0.05) is 46.8 Å². The van der Waals surface area contributed by atoms with E-state index in [2.05, 4.69) is 73.4 Å². The molecule has 0 atom stereocenters. The summed E-state index contributed by atoms with van der Waals surface area (Å²) in [5.74, 6) is 0. The van der Waals surface area contributed by atoms with Gasteiger partial charge in [0.15, 0.2) is 8.32 Å². The van der Waals surface area contributed by atoms with Gasteiger partial charge in [0.05, 0.1) is 8.07 Å². The number of hydrogen-bond acceptors (Lipinski definition) is 1. The minimum absolute atomic E-state index is 0.845. The van der Waals surface area contributed by atoms with Gasteiger partial charge in [-0.3, -0.25) is 0 Å². The van der Waals surface area contributed by atoms with Gasteiger partial charge >= 0.3 is 0 Å². The molecule has 0 spiro atoms. The van der Waals surface area contributed by atoms with E-state index in [1.165, 1.54) is 15.2 Å². The van der Waals surface area contributed by atoms with E-state index in [9.17, 15) is 0 Å². The van der Waals surface area contributed by atoms with Gasteiger partial charge in [0.2, 0.25) is 0 Å². The van der Waals surface area contributed by atoms with E-state index in [1.807, 2.05) is 0 Å². The van der Waals surface area contributed by atoms with Crippen LogP contribution in [0.2, 0.25) is 39.3 Å². The molecule has 102 valence electrons. The van der Waals surface area contributed by atoms with Crippen molar-refractivity contribution in [1.29, 1.82) is 0 Å². The Morgan fingerprint density at radius 1 is 1.00 bits per heavy atom. The van der Waals surface area contributed by atoms with Gasteiger partial charge in [0, 0.05) is 11.1 Å². The van der Waals surface area contributed by atoms with Crippen LogP contribution in [0.3, 0.4) is 0 Å². The second-order valence-electron chi connectivity index (χ2n) is 6.81. The van der Waals surface area contributed by atoms with Gasteiger partial charge in [0.25, 0.3) is 0 Å². The molecular weight excluding hydrogens is 320 g/mol. The molecule has 18 heavy (non-hydrogen) atoms. The third-order valence-electron chi connectivity index (χ3n) is 2.75. The second-order valence-corrected chi connectivity index (χ2v) is 17.3. The molecule has 1 aromatic rings. The molecule has 0 aliphatic carbocycles. The van der Waals surface area contributed by atoms with Gasteiger partial charge in [-0.05, 0) is 43.8 Å². The Hall–Kier alpha value is 0.0938. The smallest absolute Gasteiger partial charge is 0.183 e. The number of hydrogen-bond donors (Lipinski definition) is 0. The highest BCUT2D eigenvalue weighted by atomic mass is 79.9. The van der Waals surface area contributed by atoms with Crippen LogP contribution >= 0.6 is 15.9 Å². The Balaban J connectivity index is 2.75. The summed E-state index contributed by atoms with van der Waals surface area (Å²) in [5, 5.41) is 1.51. The topological polar surface area (TPSA) is 9.23 Å². The molecule has 0 saturated carbocycles. The van der Waals surface area contributed by atoms with E-state index in [0.29, 0.717) is 0 Å². The predicted octanol–water partition coefficient (Wildman–Crippen LogP) is 4.39. The average Bonchev–Trinajstić information content (AvgIpc) is 2.13. The summed E-state index contributed by atoms with van der Waals surface area (Å²) in [6, 6.07) is 6.86. The molecule has 1 aromatic carbocycles. The summed E-state index contributed by atoms with van der Waals surface area (Å²) in [5.41, 5.74) is 1.39. The zero-order valence-corrected chi connectivity index (χ0v) is 16.0. The van der Waals surface area contributed by atoms with Crippen molar-refractivity contribution >= 4 is 37.5 Å². The molecular formula is C14H25BrOSi2. The molecule has 0 saturated heterocycles. The highest BCUT2D eigenvalue weighted by molar-refractivity contribution is 9.10. The van der Waals surface area contributed by atoms with Crippen LogP contribution in [-0.2, 0) is 10.8 Å². The molecule has 0 aromatic heterocycles. The average molecular weight is 345 g/mol. The van der Waals surface area contributed by atoms with Crippen molar-refractivity contribution in [1.82, 2.24) is 0 Å². The largest absolute Gasteiger partial charge is 0.417 e. The molecule has 0 heterocycles. The quantitative estimate of drug-likeness (QED) is 0.719. The highest BCUT2D eigenvalue weighted by Crippen LogP contribution is 2.15. The first-order valence-corrected chi connectivity index (χ1v) is 14.2. The lowest BCUT2D eigenvalue weighted by Crippen LogP contribution is -2.37. The summed E-state index contributed by atoms with van der Waals surface area (Å²) >= 11 is 3.63. The van der Waals surface area contributed by atoms with Crippen LogP contribution in [-0.4, -0.2) is 23.0 Å². The molecule has 1 nitrogen and oxygen atoms in total. The van der Waals surface area contributed by atoms with Crippen molar-refractivity contribution < 1.29 is 4.43 Å². The first-order valence-electron chi connectivity index (χ1n) is 6.52. The van der Waals surface area contributed by atoms with Gasteiger partial charge in [-0.25, -0.2) is 0 Å². The molecule has 0 amide bonds. The first-order chi connectivity index (χ1) is 8.08. The van der Waals surface area contributed by atoms with E-state index in [1.54, 1.807) is 0 Å². The lowest BCUT2D eigenvalue weighted by atomic mass is 10.2. The Morgan fingerprint density at radius 3 is 2.11 bits per heavy atom. The monoisotopic (exact) mass is 344 g/mol. The highest BCUT2D eigenvalue weighted by Gasteiger charge is 2.18. The maximum atomic E-state index is 5.93. The van der Waals surface area contributed by atoms with Crippen LogP contribution < -0.4 is 5.19 Å². The molecule has 1 rings (SSSR count). The first kappa shape index (κ1) is 16.1. The van der Waals surface area contributed by atoms with Crippen LogP contribution in [0.4, 0.5) is 0 Å². The molecule has 0 radical (unpaired) electrons. The lowest BCUT2D eigenvalue weighted by molar-refractivity contribution is 0.316.